The normalized spacial score (nSPS) is 11.4. The standard InChI is InChI=1S/2C17H16F2NO2.2C5H5.Ti/c2*18-14-10-9-13(16(19)12-14)6-4-5-11-20-17(21)22-15-7-2-1-3-8-15;2*1-2-4-5-3-1;/h2*1-3,7-10H,4-6,11H2,(H,20,21);2*1-3H,4H2;/q4*-1;+4. The number of rotatable bonds is 12. The molecule has 0 radical (unpaired) electrons. The summed E-state index contributed by atoms with van der Waals surface area (Å²) in [5.41, 5.74) is 0.849. The first kappa shape index (κ1) is 46.0. The minimum atomic E-state index is -0.702. The van der Waals surface area contributed by atoms with E-state index in [1.807, 2.05) is 48.6 Å². The molecule has 11 heteroatoms. The van der Waals surface area contributed by atoms with Crippen LogP contribution in [-0.2, 0) is 34.6 Å². The van der Waals surface area contributed by atoms with Crippen LogP contribution < -0.4 is 20.1 Å². The first-order valence-electron chi connectivity index (χ1n) is 17.5. The molecule has 0 spiro atoms. The molecule has 284 valence electrons. The zero-order valence-corrected chi connectivity index (χ0v) is 31.8. The molecule has 2 amide bonds. The van der Waals surface area contributed by atoms with Crippen LogP contribution in [0.2, 0.25) is 0 Å². The maximum Gasteiger partial charge on any atom is 4.00 e. The molecule has 0 atom stereocenters. The smallest absolute Gasteiger partial charge is 0.410 e. The zero-order chi connectivity index (χ0) is 38.6. The van der Waals surface area contributed by atoms with Gasteiger partial charge in [-0.05, 0) is 37.1 Å². The van der Waals surface area contributed by atoms with E-state index in [0.717, 1.165) is 12.8 Å². The van der Waals surface area contributed by atoms with Gasteiger partial charge in [0.15, 0.2) is 0 Å². The van der Waals surface area contributed by atoms with E-state index in [1.165, 1.54) is 24.3 Å². The summed E-state index contributed by atoms with van der Waals surface area (Å²) in [6, 6.07) is 26.7. The summed E-state index contributed by atoms with van der Waals surface area (Å²) in [4.78, 5) is 23.0. The van der Waals surface area contributed by atoms with Crippen molar-refractivity contribution in [1.29, 1.82) is 0 Å². The van der Waals surface area contributed by atoms with Crippen molar-refractivity contribution >= 4 is 12.2 Å². The van der Waals surface area contributed by atoms with Gasteiger partial charge in [0.1, 0.15) is 11.5 Å². The Morgan fingerprint density at radius 1 is 0.564 bits per heavy atom. The van der Waals surface area contributed by atoms with Crippen molar-refractivity contribution < 1.29 is 58.3 Å². The summed E-state index contributed by atoms with van der Waals surface area (Å²) in [5, 5.41) is 5.24. The monoisotopic (exact) mass is 786 g/mol. The summed E-state index contributed by atoms with van der Waals surface area (Å²) < 4.78 is 62.2. The summed E-state index contributed by atoms with van der Waals surface area (Å²) in [5.74, 6) is -1.76. The predicted octanol–water partition coefficient (Wildman–Crippen LogP) is 10.4. The van der Waals surface area contributed by atoms with E-state index in [0.29, 0.717) is 74.2 Å². The molecule has 55 heavy (non-hydrogen) atoms. The van der Waals surface area contributed by atoms with Crippen LogP contribution in [0.4, 0.5) is 27.2 Å². The summed E-state index contributed by atoms with van der Waals surface area (Å²) in [6.45, 7) is 0.858. The Labute approximate surface area is 335 Å². The van der Waals surface area contributed by atoms with Crippen LogP contribution in [-0.4, -0.2) is 25.3 Å². The van der Waals surface area contributed by atoms with Gasteiger partial charge in [0.2, 0.25) is 0 Å². The third kappa shape index (κ3) is 21.3. The Kier molecular flexibility index (Phi) is 23.6. The Morgan fingerprint density at radius 3 is 1.27 bits per heavy atom. The second-order valence-corrected chi connectivity index (χ2v) is 11.5. The Morgan fingerprint density at radius 2 is 0.964 bits per heavy atom. The molecule has 2 N–H and O–H groups in total. The minimum absolute atomic E-state index is 0. The summed E-state index contributed by atoms with van der Waals surface area (Å²) >= 11 is 0. The van der Waals surface area contributed by atoms with E-state index < -0.39 is 35.5 Å². The van der Waals surface area contributed by atoms with Crippen LogP contribution in [0.1, 0.15) is 49.7 Å². The number of allylic oxidation sites excluding steroid dienone is 8. The quantitative estimate of drug-likeness (QED) is 0.0649. The van der Waals surface area contributed by atoms with Crippen LogP contribution in [0.3, 0.4) is 0 Å². The minimum Gasteiger partial charge on any atom is -0.410 e. The average molecular weight is 787 g/mol. The van der Waals surface area contributed by atoms with Gasteiger partial charge in [0.25, 0.3) is 0 Å². The number of carbonyl (C=O) groups excluding carboxylic acids is 2. The van der Waals surface area contributed by atoms with Crippen molar-refractivity contribution in [1.82, 2.24) is 10.6 Å². The van der Waals surface area contributed by atoms with Crippen LogP contribution in [0, 0.1) is 47.6 Å². The molecule has 2 aliphatic carbocycles. The molecule has 0 saturated carbocycles. The molecule has 0 aliphatic heterocycles. The Hall–Kier alpha value is -5.19. The van der Waals surface area contributed by atoms with Crippen molar-refractivity contribution in [3.05, 3.63) is 180 Å². The average Bonchev–Trinajstić information content (AvgIpc) is 3.95. The van der Waals surface area contributed by atoms with Crippen LogP contribution in [0.25, 0.3) is 0 Å². The van der Waals surface area contributed by atoms with Gasteiger partial charge >= 0.3 is 33.9 Å². The van der Waals surface area contributed by atoms with Gasteiger partial charge in [-0.1, -0.05) is 62.1 Å². The molecule has 4 aromatic carbocycles. The number of hydrogen-bond donors (Lipinski definition) is 2. The second kappa shape index (κ2) is 28.3. The number of benzene rings is 4. The second-order valence-electron chi connectivity index (χ2n) is 11.5. The molecule has 6 nitrogen and oxygen atoms in total. The number of aryl methyl sites for hydroxylation is 2. The van der Waals surface area contributed by atoms with Crippen molar-refractivity contribution in [3.63, 3.8) is 0 Å². The number of unbranched alkanes of at least 4 members (excludes halogenated alkanes) is 2. The van der Waals surface area contributed by atoms with Gasteiger partial charge in [0.05, 0.1) is 0 Å². The molecule has 0 unspecified atom stereocenters. The van der Waals surface area contributed by atoms with Gasteiger partial charge < -0.3 is 20.1 Å². The van der Waals surface area contributed by atoms with E-state index in [1.54, 1.807) is 48.5 Å². The molecule has 0 heterocycles. The number of hydrogen-bond acceptors (Lipinski definition) is 4. The molecule has 0 saturated heterocycles. The van der Waals surface area contributed by atoms with E-state index in [4.69, 9.17) is 9.47 Å². The predicted molar refractivity (Wildman–Crippen MR) is 200 cm³/mol. The Bertz CT molecular complexity index is 1670. The fraction of sp³-hybridized carbons (Fsp3) is 0.227. The molecule has 4 aromatic rings. The third-order valence-corrected chi connectivity index (χ3v) is 7.25. The number of halogens is 4. The van der Waals surface area contributed by atoms with Gasteiger partial charge in [-0.3, -0.25) is 12.2 Å². The van der Waals surface area contributed by atoms with Gasteiger partial charge in [-0.25, -0.2) is 51.5 Å². The van der Waals surface area contributed by atoms with E-state index in [2.05, 4.69) is 34.9 Å². The van der Waals surface area contributed by atoms with Crippen LogP contribution in [0.5, 0.6) is 11.5 Å². The molecule has 0 aromatic heterocycles. The van der Waals surface area contributed by atoms with Crippen molar-refractivity contribution in [2.24, 2.45) is 0 Å². The summed E-state index contributed by atoms with van der Waals surface area (Å²) in [7, 11) is 0. The van der Waals surface area contributed by atoms with Crippen molar-refractivity contribution in [2.75, 3.05) is 13.1 Å². The Balaban J connectivity index is 0.000000298. The molecule has 2 aliphatic rings. The molecule has 6 rings (SSSR count). The topological polar surface area (TPSA) is 76.7 Å². The SMILES string of the molecule is O=C(NCCCCc1ccc(F)[c-]c1F)Oc1ccccc1.O=C(NCCCCc1ccc(F)[c-]c1F)Oc1ccccc1.[C-]1=CC=CC1.[C-]1=CC=CC1.[Ti+4]. The maximum absolute atomic E-state index is 13.3. The number of para-hydroxylation sites is 2. The van der Waals surface area contributed by atoms with Gasteiger partial charge in [-0.15, -0.1) is 48.2 Å². The van der Waals surface area contributed by atoms with Crippen LogP contribution in [0.15, 0.2) is 121 Å². The molecule has 0 bridgehead atoms. The van der Waals surface area contributed by atoms with Crippen LogP contribution >= 0.6 is 0 Å². The number of carbonyl (C=O) groups is 2. The third-order valence-electron chi connectivity index (χ3n) is 7.25. The number of nitrogens with one attached hydrogen (secondary N) is 2. The zero-order valence-electron chi connectivity index (χ0n) is 30.3. The molecular weight excluding hydrogens is 744 g/mol. The first-order valence-corrected chi connectivity index (χ1v) is 17.5. The fourth-order valence-corrected chi connectivity index (χ4v) is 4.54. The first-order chi connectivity index (χ1) is 26.3. The largest absolute Gasteiger partial charge is 4.00 e. The van der Waals surface area contributed by atoms with Gasteiger partial charge in [0, 0.05) is 36.4 Å². The fourth-order valence-electron chi connectivity index (χ4n) is 4.54. The van der Waals surface area contributed by atoms with Crippen molar-refractivity contribution in [3.8, 4) is 11.5 Å². The number of ether oxygens (including phenoxy) is 2. The molecule has 0 fully saturated rings. The van der Waals surface area contributed by atoms with Gasteiger partial charge in [-0.2, -0.15) is 24.3 Å². The van der Waals surface area contributed by atoms with Crippen molar-refractivity contribution in [2.45, 2.75) is 51.4 Å². The van der Waals surface area contributed by atoms with E-state index in [9.17, 15) is 27.2 Å². The van der Waals surface area contributed by atoms with E-state index in [-0.39, 0.29) is 21.7 Å². The van der Waals surface area contributed by atoms with E-state index >= 15 is 0 Å². The molecular formula is C44H42F4N2O4Ti. The summed E-state index contributed by atoms with van der Waals surface area (Å²) in [6.07, 6.45) is 22.6. The maximum atomic E-state index is 13.3. The number of amides is 2.